The molecule has 86 valence electrons. The Labute approximate surface area is 97.2 Å². The number of hydrogen-bond donors (Lipinski definition) is 0. The molecule has 1 heterocycles. The van der Waals surface area contributed by atoms with Crippen LogP contribution in [-0.2, 0) is 11.2 Å². The van der Waals surface area contributed by atoms with E-state index in [0.29, 0.717) is 18.4 Å². The molecular formula is C12H12F2OS. The van der Waals surface area contributed by atoms with Gasteiger partial charge in [0.1, 0.15) is 17.4 Å². The molecule has 2 unspecified atom stereocenters. The number of ketones is 1. The second-order valence-corrected chi connectivity index (χ2v) is 5.66. The van der Waals surface area contributed by atoms with Crippen LogP contribution in [0.15, 0.2) is 18.2 Å². The molecule has 1 aromatic carbocycles. The van der Waals surface area contributed by atoms with E-state index in [-0.39, 0.29) is 16.3 Å². The Hall–Kier alpha value is -0.900. The first kappa shape index (κ1) is 11.6. The minimum absolute atomic E-state index is 0.00788. The van der Waals surface area contributed by atoms with Gasteiger partial charge in [0.2, 0.25) is 0 Å². The monoisotopic (exact) mass is 242 g/mol. The van der Waals surface area contributed by atoms with Crippen LogP contribution in [0.25, 0.3) is 0 Å². The average molecular weight is 242 g/mol. The molecule has 16 heavy (non-hydrogen) atoms. The molecule has 0 N–H and O–H groups in total. The van der Waals surface area contributed by atoms with Crippen molar-refractivity contribution < 1.29 is 13.6 Å². The number of carbonyl (C=O) groups is 1. The summed E-state index contributed by atoms with van der Waals surface area (Å²) in [5.74, 6) is -0.866. The highest BCUT2D eigenvalue weighted by molar-refractivity contribution is 8.01. The lowest BCUT2D eigenvalue weighted by Gasteiger charge is -2.09. The van der Waals surface area contributed by atoms with E-state index in [9.17, 15) is 13.6 Å². The first-order valence-corrected chi connectivity index (χ1v) is 6.12. The normalized spacial score (nSPS) is 25.1. The topological polar surface area (TPSA) is 17.1 Å². The Morgan fingerprint density at radius 2 is 2.19 bits per heavy atom. The summed E-state index contributed by atoms with van der Waals surface area (Å²) in [6.45, 7) is 1.87. The second kappa shape index (κ2) is 4.53. The van der Waals surface area contributed by atoms with Crippen molar-refractivity contribution in [2.24, 2.45) is 0 Å². The molecule has 0 aromatic heterocycles. The highest BCUT2D eigenvalue weighted by Gasteiger charge is 2.30. The zero-order chi connectivity index (χ0) is 11.7. The summed E-state index contributed by atoms with van der Waals surface area (Å²) >= 11 is 1.57. The molecule has 1 aromatic rings. The maximum Gasteiger partial charge on any atom is 0.146 e. The molecule has 0 spiro atoms. The van der Waals surface area contributed by atoms with Gasteiger partial charge >= 0.3 is 0 Å². The van der Waals surface area contributed by atoms with Crippen LogP contribution in [0.3, 0.4) is 0 Å². The van der Waals surface area contributed by atoms with Crippen LogP contribution >= 0.6 is 11.8 Å². The SMILES string of the molecule is CC1SC(Cc2ccc(F)cc2F)CC1=O. The predicted molar refractivity (Wildman–Crippen MR) is 60.5 cm³/mol. The van der Waals surface area contributed by atoms with Gasteiger partial charge in [-0.05, 0) is 25.0 Å². The quantitative estimate of drug-likeness (QED) is 0.793. The minimum Gasteiger partial charge on any atom is -0.298 e. The van der Waals surface area contributed by atoms with Crippen LogP contribution in [0.5, 0.6) is 0 Å². The summed E-state index contributed by atoms with van der Waals surface area (Å²) in [7, 11) is 0. The minimum atomic E-state index is -0.565. The fourth-order valence-corrected chi connectivity index (χ4v) is 3.22. The Morgan fingerprint density at radius 3 is 2.75 bits per heavy atom. The van der Waals surface area contributed by atoms with Crippen molar-refractivity contribution in [3.05, 3.63) is 35.4 Å². The highest BCUT2D eigenvalue weighted by Crippen LogP contribution is 2.33. The van der Waals surface area contributed by atoms with Gasteiger partial charge in [-0.1, -0.05) is 6.07 Å². The van der Waals surface area contributed by atoms with Gasteiger partial charge in [0.05, 0.1) is 5.25 Å². The molecule has 1 fully saturated rings. The molecule has 1 aliphatic rings. The zero-order valence-corrected chi connectivity index (χ0v) is 9.69. The molecule has 0 aliphatic carbocycles. The van der Waals surface area contributed by atoms with Crippen LogP contribution < -0.4 is 0 Å². The number of rotatable bonds is 2. The third-order valence-electron chi connectivity index (χ3n) is 2.74. The van der Waals surface area contributed by atoms with Crippen molar-refractivity contribution in [1.82, 2.24) is 0 Å². The van der Waals surface area contributed by atoms with Crippen molar-refractivity contribution in [2.45, 2.75) is 30.3 Å². The average Bonchev–Trinajstić information content (AvgIpc) is 2.51. The number of benzene rings is 1. The summed E-state index contributed by atoms with van der Waals surface area (Å²) < 4.78 is 26.0. The van der Waals surface area contributed by atoms with Crippen molar-refractivity contribution >= 4 is 17.5 Å². The molecule has 1 aliphatic heterocycles. The molecule has 2 rings (SSSR count). The second-order valence-electron chi connectivity index (χ2n) is 4.01. The molecule has 0 saturated carbocycles. The van der Waals surface area contributed by atoms with Gasteiger partial charge in [-0.15, -0.1) is 11.8 Å². The van der Waals surface area contributed by atoms with Crippen molar-refractivity contribution in [2.75, 3.05) is 0 Å². The molecule has 2 atom stereocenters. The number of Topliss-reactive ketones (excluding diaryl/α,β-unsaturated/α-hetero) is 1. The molecule has 0 amide bonds. The van der Waals surface area contributed by atoms with Gasteiger partial charge in [-0.3, -0.25) is 4.79 Å². The van der Waals surface area contributed by atoms with Crippen LogP contribution in [0, 0.1) is 11.6 Å². The Morgan fingerprint density at radius 1 is 1.44 bits per heavy atom. The summed E-state index contributed by atoms with van der Waals surface area (Å²) in [6, 6.07) is 3.60. The number of halogens is 2. The van der Waals surface area contributed by atoms with E-state index in [1.54, 1.807) is 11.8 Å². The fraction of sp³-hybridized carbons (Fsp3) is 0.417. The third kappa shape index (κ3) is 2.43. The Balaban J connectivity index is 2.07. The molecular weight excluding hydrogens is 230 g/mol. The van der Waals surface area contributed by atoms with Crippen LogP contribution in [0.1, 0.15) is 18.9 Å². The molecule has 4 heteroatoms. The van der Waals surface area contributed by atoms with Crippen LogP contribution in [0.2, 0.25) is 0 Å². The molecule has 1 nitrogen and oxygen atoms in total. The first-order valence-electron chi connectivity index (χ1n) is 5.18. The summed E-state index contributed by atoms with van der Waals surface area (Å²) in [5, 5.41) is 0.135. The van der Waals surface area contributed by atoms with Crippen molar-refractivity contribution in [3.63, 3.8) is 0 Å². The predicted octanol–water partition coefficient (Wildman–Crippen LogP) is 2.97. The highest BCUT2D eigenvalue weighted by atomic mass is 32.2. The van der Waals surface area contributed by atoms with E-state index in [1.165, 1.54) is 12.1 Å². The van der Waals surface area contributed by atoms with Gasteiger partial charge in [0.25, 0.3) is 0 Å². The van der Waals surface area contributed by atoms with Gasteiger partial charge < -0.3 is 0 Å². The van der Waals surface area contributed by atoms with E-state index >= 15 is 0 Å². The van der Waals surface area contributed by atoms with E-state index in [2.05, 4.69) is 0 Å². The van der Waals surface area contributed by atoms with Gasteiger partial charge in [0, 0.05) is 17.7 Å². The smallest absolute Gasteiger partial charge is 0.146 e. The summed E-state index contributed by atoms with van der Waals surface area (Å²) in [4.78, 5) is 11.3. The van der Waals surface area contributed by atoms with Crippen LogP contribution in [-0.4, -0.2) is 16.3 Å². The van der Waals surface area contributed by atoms with Gasteiger partial charge in [-0.2, -0.15) is 0 Å². The van der Waals surface area contributed by atoms with E-state index in [1.807, 2.05) is 6.92 Å². The van der Waals surface area contributed by atoms with Gasteiger partial charge in [-0.25, -0.2) is 8.78 Å². The number of thioether (sulfide) groups is 1. The number of carbonyl (C=O) groups excluding carboxylic acids is 1. The lowest BCUT2D eigenvalue weighted by molar-refractivity contribution is -0.117. The van der Waals surface area contributed by atoms with E-state index < -0.39 is 11.6 Å². The molecule has 0 radical (unpaired) electrons. The van der Waals surface area contributed by atoms with Crippen molar-refractivity contribution in [3.8, 4) is 0 Å². The molecule has 0 bridgehead atoms. The van der Waals surface area contributed by atoms with Crippen LogP contribution in [0.4, 0.5) is 8.78 Å². The maximum absolute atomic E-state index is 13.4. The lowest BCUT2D eigenvalue weighted by Crippen LogP contribution is -2.06. The maximum atomic E-state index is 13.4. The fourth-order valence-electron chi connectivity index (χ4n) is 1.86. The largest absolute Gasteiger partial charge is 0.298 e. The standard InChI is InChI=1S/C12H12F2OS/c1-7-12(15)6-10(16-7)4-8-2-3-9(13)5-11(8)14/h2-3,5,7,10H,4,6H2,1H3. The number of hydrogen-bond acceptors (Lipinski definition) is 2. The van der Waals surface area contributed by atoms with Crippen molar-refractivity contribution in [1.29, 1.82) is 0 Å². The summed E-state index contributed by atoms with van der Waals surface area (Å²) in [6.07, 6.45) is 0.982. The Bertz CT molecular complexity index is 419. The van der Waals surface area contributed by atoms with E-state index in [4.69, 9.17) is 0 Å². The lowest BCUT2D eigenvalue weighted by atomic mass is 10.1. The zero-order valence-electron chi connectivity index (χ0n) is 8.87. The Kier molecular flexibility index (Phi) is 3.28. The third-order valence-corrected chi connectivity index (χ3v) is 4.13. The van der Waals surface area contributed by atoms with Gasteiger partial charge in [0.15, 0.2) is 0 Å². The first-order chi connectivity index (χ1) is 7.56. The molecule has 1 saturated heterocycles. The summed E-state index contributed by atoms with van der Waals surface area (Å²) in [5.41, 5.74) is 0.487. The van der Waals surface area contributed by atoms with E-state index in [0.717, 1.165) is 6.07 Å².